The lowest BCUT2D eigenvalue weighted by Crippen LogP contribution is -2.31. The van der Waals surface area contributed by atoms with Crippen LogP contribution in [0.2, 0.25) is 5.02 Å². The number of aromatic nitrogens is 2. The molecule has 0 radical (unpaired) electrons. The maximum atomic E-state index is 6.37. The average Bonchev–Trinajstić information content (AvgIpc) is 3.18. The van der Waals surface area contributed by atoms with E-state index in [0.717, 1.165) is 42.5 Å². The highest BCUT2D eigenvalue weighted by Gasteiger charge is 2.24. The second-order valence-electron chi connectivity index (χ2n) is 6.47. The lowest BCUT2D eigenvalue weighted by atomic mass is 10.1. The van der Waals surface area contributed by atoms with Crippen LogP contribution >= 0.6 is 11.6 Å². The summed E-state index contributed by atoms with van der Waals surface area (Å²) in [6.45, 7) is 4.59. The molecule has 1 fully saturated rings. The summed E-state index contributed by atoms with van der Waals surface area (Å²) in [6, 6.07) is 7.93. The van der Waals surface area contributed by atoms with E-state index in [1.165, 1.54) is 43.6 Å². The Kier molecular flexibility index (Phi) is 4.27. The fourth-order valence-corrected chi connectivity index (χ4v) is 3.91. The number of nitrogens with zero attached hydrogens (tertiary/aromatic N) is 3. The highest BCUT2D eigenvalue weighted by molar-refractivity contribution is 6.32. The maximum Gasteiger partial charge on any atom is 0.133 e. The van der Waals surface area contributed by atoms with Crippen molar-refractivity contribution in [3.8, 4) is 5.69 Å². The zero-order valence-corrected chi connectivity index (χ0v) is 14.1. The molecule has 5 heteroatoms. The third kappa shape index (κ3) is 2.98. The van der Waals surface area contributed by atoms with Gasteiger partial charge in [-0.25, -0.2) is 4.68 Å². The molecule has 0 bridgehead atoms. The Hall–Kier alpha value is -1.52. The Morgan fingerprint density at radius 2 is 1.96 bits per heavy atom. The molecular weight excluding hydrogens is 308 g/mol. The Morgan fingerprint density at radius 3 is 2.78 bits per heavy atom. The van der Waals surface area contributed by atoms with Crippen LogP contribution in [0.25, 0.3) is 5.69 Å². The minimum absolute atomic E-state index is 0.745. The van der Waals surface area contributed by atoms with Crippen LogP contribution in [-0.4, -0.2) is 40.9 Å². The molecule has 3 heterocycles. The van der Waals surface area contributed by atoms with Gasteiger partial charge in [-0.3, -0.25) is 0 Å². The van der Waals surface area contributed by atoms with Gasteiger partial charge in [0.05, 0.1) is 16.4 Å². The summed E-state index contributed by atoms with van der Waals surface area (Å²) in [5.74, 6) is 1.13. The third-order valence-electron chi connectivity index (χ3n) is 4.93. The molecule has 0 amide bonds. The number of rotatable bonds is 4. The summed E-state index contributed by atoms with van der Waals surface area (Å²) in [6.07, 6.45) is 6.16. The number of likely N-dealkylation sites (tertiary alicyclic amines) is 1. The summed E-state index contributed by atoms with van der Waals surface area (Å²) in [7, 11) is 0. The van der Waals surface area contributed by atoms with Crippen molar-refractivity contribution in [2.45, 2.75) is 32.1 Å². The normalized spacial score (nSPS) is 18.0. The number of anilines is 1. The molecular formula is C18H23ClN4. The molecule has 0 unspecified atom stereocenters. The molecule has 1 N–H and O–H groups in total. The van der Waals surface area contributed by atoms with Gasteiger partial charge >= 0.3 is 0 Å². The highest BCUT2D eigenvalue weighted by Crippen LogP contribution is 2.31. The van der Waals surface area contributed by atoms with Crippen molar-refractivity contribution >= 4 is 17.4 Å². The number of benzene rings is 1. The molecule has 23 heavy (non-hydrogen) atoms. The average molecular weight is 331 g/mol. The smallest absolute Gasteiger partial charge is 0.133 e. The van der Waals surface area contributed by atoms with E-state index >= 15 is 0 Å². The van der Waals surface area contributed by atoms with Gasteiger partial charge in [0.1, 0.15) is 5.82 Å². The molecule has 0 spiro atoms. The summed E-state index contributed by atoms with van der Waals surface area (Å²) in [4.78, 5) is 2.58. The van der Waals surface area contributed by atoms with E-state index < -0.39 is 0 Å². The van der Waals surface area contributed by atoms with E-state index in [1.807, 2.05) is 28.9 Å². The Labute approximate surface area is 142 Å². The van der Waals surface area contributed by atoms with Gasteiger partial charge < -0.3 is 10.2 Å². The molecule has 122 valence electrons. The molecule has 4 nitrogen and oxygen atoms in total. The van der Waals surface area contributed by atoms with Crippen LogP contribution in [0.15, 0.2) is 24.3 Å². The van der Waals surface area contributed by atoms with Gasteiger partial charge in [0.2, 0.25) is 0 Å². The van der Waals surface area contributed by atoms with Gasteiger partial charge in [-0.2, -0.15) is 5.10 Å². The van der Waals surface area contributed by atoms with Crippen molar-refractivity contribution in [3.63, 3.8) is 0 Å². The van der Waals surface area contributed by atoms with E-state index in [4.69, 9.17) is 16.7 Å². The van der Waals surface area contributed by atoms with Gasteiger partial charge in [0.15, 0.2) is 0 Å². The van der Waals surface area contributed by atoms with Crippen molar-refractivity contribution in [3.05, 3.63) is 40.5 Å². The molecule has 2 aliphatic heterocycles. The van der Waals surface area contributed by atoms with Crippen molar-refractivity contribution in [2.24, 2.45) is 0 Å². The van der Waals surface area contributed by atoms with E-state index in [0.29, 0.717) is 0 Å². The predicted octanol–water partition coefficient (Wildman–Crippen LogP) is 3.52. The topological polar surface area (TPSA) is 33.1 Å². The SMILES string of the molecule is Clc1ccccc1-n1nc(CCN2CCCCC2)c2c1NCC2. The van der Waals surface area contributed by atoms with E-state index in [1.54, 1.807) is 0 Å². The number of nitrogens with one attached hydrogen (secondary N) is 1. The van der Waals surface area contributed by atoms with E-state index in [9.17, 15) is 0 Å². The first-order valence-corrected chi connectivity index (χ1v) is 9.02. The first-order valence-electron chi connectivity index (χ1n) is 8.65. The lowest BCUT2D eigenvalue weighted by Gasteiger charge is -2.26. The molecule has 1 saturated heterocycles. The van der Waals surface area contributed by atoms with Crippen molar-refractivity contribution in [1.29, 1.82) is 0 Å². The quantitative estimate of drug-likeness (QED) is 0.931. The molecule has 1 aromatic heterocycles. The number of hydrogen-bond acceptors (Lipinski definition) is 3. The van der Waals surface area contributed by atoms with Gasteiger partial charge in [-0.1, -0.05) is 30.2 Å². The van der Waals surface area contributed by atoms with E-state index in [2.05, 4.69) is 10.2 Å². The minimum Gasteiger partial charge on any atom is -0.369 e. The van der Waals surface area contributed by atoms with Crippen LogP contribution in [0.5, 0.6) is 0 Å². The second kappa shape index (κ2) is 6.54. The number of piperidine rings is 1. The minimum atomic E-state index is 0.745. The van der Waals surface area contributed by atoms with Crippen LogP contribution in [0.1, 0.15) is 30.5 Å². The fraction of sp³-hybridized carbons (Fsp3) is 0.500. The first kappa shape index (κ1) is 15.0. The monoisotopic (exact) mass is 330 g/mol. The van der Waals surface area contributed by atoms with Crippen molar-refractivity contribution < 1.29 is 0 Å². The molecule has 0 atom stereocenters. The van der Waals surface area contributed by atoms with Crippen molar-refractivity contribution in [2.75, 3.05) is 31.5 Å². The second-order valence-corrected chi connectivity index (χ2v) is 6.87. The van der Waals surface area contributed by atoms with Gasteiger partial charge in [-0.05, 0) is 44.5 Å². The van der Waals surface area contributed by atoms with E-state index in [-0.39, 0.29) is 0 Å². The predicted molar refractivity (Wildman–Crippen MR) is 94.8 cm³/mol. The Balaban J connectivity index is 1.59. The van der Waals surface area contributed by atoms with Gasteiger partial charge in [-0.15, -0.1) is 0 Å². The van der Waals surface area contributed by atoms with Crippen LogP contribution in [0.4, 0.5) is 5.82 Å². The molecule has 2 aromatic rings. The zero-order chi connectivity index (χ0) is 15.6. The Bertz CT molecular complexity index is 688. The summed E-state index contributed by atoms with van der Waals surface area (Å²) in [5, 5.41) is 9.12. The van der Waals surface area contributed by atoms with Crippen molar-refractivity contribution in [1.82, 2.24) is 14.7 Å². The third-order valence-corrected chi connectivity index (χ3v) is 5.25. The fourth-order valence-electron chi connectivity index (χ4n) is 3.69. The van der Waals surface area contributed by atoms with Gasteiger partial charge in [0.25, 0.3) is 0 Å². The number of para-hydroxylation sites is 1. The maximum absolute atomic E-state index is 6.37. The molecule has 2 aliphatic rings. The number of hydrogen-bond donors (Lipinski definition) is 1. The zero-order valence-electron chi connectivity index (χ0n) is 13.4. The molecule has 1 aromatic carbocycles. The number of halogens is 1. The van der Waals surface area contributed by atoms with Crippen LogP contribution in [0.3, 0.4) is 0 Å². The molecule has 4 rings (SSSR count). The summed E-state index contributed by atoms with van der Waals surface area (Å²) >= 11 is 6.37. The molecule has 0 aliphatic carbocycles. The van der Waals surface area contributed by atoms with Gasteiger partial charge in [0, 0.05) is 25.1 Å². The number of fused-ring (bicyclic) bond motifs is 1. The largest absolute Gasteiger partial charge is 0.369 e. The summed E-state index contributed by atoms with van der Waals surface area (Å²) < 4.78 is 2.00. The van der Waals surface area contributed by atoms with Crippen LogP contribution in [-0.2, 0) is 12.8 Å². The standard InChI is InChI=1S/C18H23ClN4/c19-15-6-2-3-7-17(15)23-18-14(8-10-20-18)16(21-23)9-13-22-11-4-1-5-12-22/h2-3,6-7,20H,1,4-5,8-13H2. The first-order chi connectivity index (χ1) is 11.3. The summed E-state index contributed by atoms with van der Waals surface area (Å²) in [5.41, 5.74) is 3.57. The highest BCUT2D eigenvalue weighted by atomic mass is 35.5. The lowest BCUT2D eigenvalue weighted by molar-refractivity contribution is 0.230. The van der Waals surface area contributed by atoms with Crippen LogP contribution < -0.4 is 5.32 Å². The van der Waals surface area contributed by atoms with Crippen LogP contribution in [0, 0.1) is 0 Å². The molecule has 0 saturated carbocycles. The Morgan fingerprint density at radius 1 is 1.13 bits per heavy atom.